The number of ether oxygens (including phenoxy) is 8. The highest BCUT2D eigenvalue weighted by Gasteiger charge is 2.39. The molecule has 55 heavy (non-hydrogen) atoms. The summed E-state index contributed by atoms with van der Waals surface area (Å²) < 4.78 is 45.3. The van der Waals surface area contributed by atoms with Crippen molar-refractivity contribution in [3.63, 3.8) is 0 Å². The maximum atomic E-state index is 14.8. The lowest BCUT2D eigenvalue weighted by Crippen LogP contribution is -2.39. The molecule has 1 N–H and O–H groups in total. The Morgan fingerprint density at radius 1 is 0.745 bits per heavy atom. The zero-order valence-electron chi connectivity index (χ0n) is 31.4. The summed E-state index contributed by atoms with van der Waals surface area (Å²) in [6.07, 6.45) is 0.226. The monoisotopic (exact) mass is 757 g/mol. The Kier molecular flexibility index (Phi) is 12.4. The van der Waals surface area contributed by atoms with E-state index in [4.69, 9.17) is 47.7 Å². The van der Waals surface area contributed by atoms with Crippen LogP contribution in [0.15, 0.2) is 66.7 Å². The molecule has 0 bridgehead atoms. The van der Waals surface area contributed by atoms with Gasteiger partial charge in [0.15, 0.2) is 18.3 Å². The van der Waals surface area contributed by atoms with E-state index in [0.717, 1.165) is 11.1 Å². The fraction of sp³-hybridized carbons (Fsp3) is 0.341. The third-order valence-corrected chi connectivity index (χ3v) is 9.49. The second-order valence-electron chi connectivity index (χ2n) is 12.6. The van der Waals surface area contributed by atoms with Crippen LogP contribution in [0, 0.1) is 0 Å². The first-order valence-corrected chi connectivity index (χ1v) is 17.5. The van der Waals surface area contributed by atoms with Crippen LogP contribution in [0.5, 0.6) is 34.5 Å². The van der Waals surface area contributed by atoms with Gasteiger partial charge in [0.25, 0.3) is 5.91 Å². The van der Waals surface area contributed by atoms with E-state index in [0.29, 0.717) is 42.9 Å². The van der Waals surface area contributed by atoms with Crippen LogP contribution in [0.25, 0.3) is 0 Å². The number of fused-ring (bicyclic) bond motifs is 1. The number of esters is 1. The Hall–Kier alpha value is -5.83. The number of hydrogen-bond donors (Lipinski definition) is 1. The second-order valence-corrected chi connectivity index (χ2v) is 12.6. The smallest absolute Gasteiger partial charge is 0.342 e. The number of methoxy groups -OCH3 is 6. The predicted octanol–water partition coefficient (Wildman–Crippen LogP) is 5.98. The molecular weight excluding hydrogens is 714 g/mol. The number of nitrogens with one attached hydrogen (secondary N) is 1. The van der Waals surface area contributed by atoms with Crippen LogP contribution in [0.4, 0.5) is 0 Å². The largest absolute Gasteiger partial charge is 0.497 e. The molecule has 6 rings (SSSR count). The van der Waals surface area contributed by atoms with E-state index in [-0.39, 0.29) is 52.0 Å². The van der Waals surface area contributed by atoms with Crippen LogP contribution in [-0.2, 0) is 25.7 Å². The number of benzene rings is 4. The molecule has 4 aromatic rings. The van der Waals surface area contributed by atoms with E-state index < -0.39 is 35.9 Å². The van der Waals surface area contributed by atoms with Gasteiger partial charge in [-0.15, -0.1) is 0 Å². The summed E-state index contributed by atoms with van der Waals surface area (Å²) in [7, 11) is 8.51. The Bertz CT molecular complexity index is 2040. The fourth-order valence-electron chi connectivity index (χ4n) is 6.92. The van der Waals surface area contributed by atoms with Crippen LogP contribution in [0.1, 0.15) is 78.4 Å². The number of carbonyl (C=O) groups is 3. The molecule has 1 fully saturated rings. The summed E-state index contributed by atoms with van der Waals surface area (Å²) in [6.45, 7) is 0.292. The van der Waals surface area contributed by atoms with Crippen molar-refractivity contribution >= 4 is 17.7 Å². The first-order valence-electron chi connectivity index (χ1n) is 17.5. The van der Waals surface area contributed by atoms with Gasteiger partial charge in [-0.25, -0.2) is 14.6 Å². The van der Waals surface area contributed by atoms with Crippen molar-refractivity contribution in [1.82, 2.24) is 5.32 Å². The number of rotatable bonds is 15. The average Bonchev–Trinajstić information content (AvgIpc) is 3.57. The van der Waals surface area contributed by atoms with E-state index in [1.165, 1.54) is 48.7 Å². The van der Waals surface area contributed by atoms with Crippen LogP contribution in [0.2, 0.25) is 0 Å². The Morgan fingerprint density at radius 2 is 1.51 bits per heavy atom. The van der Waals surface area contributed by atoms with Crippen LogP contribution >= 0.6 is 0 Å². The lowest BCUT2D eigenvalue weighted by Gasteiger charge is -2.26. The van der Waals surface area contributed by atoms with E-state index >= 15 is 0 Å². The third kappa shape index (κ3) is 7.88. The molecule has 3 atom stereocenters. The van der Waals surface area contributed by atoms with Gasteiger partial charge in [0.05, 0.1) is 59.3 Å². The summed E-state index contributed by atoms with van der Waals surface area (Å²) in [5.74, 6) is -0.858. The molecule has 0 aromatic heterocycles. The highest BCUT2D eigenvalue weighted by atomic mass is 17.2. The topological polar surface area (TPSA) is 156 Å². The van der Waals surface area contributed by atoms with Gasteiger partial charge < -0.3 is 43.2 Å². The molecule has 1 heterocycles. The van der Waals surface area contributed by atoms with Crippen LogP contribution in [-0.4, -0.2) is 79.8 Å². The number of hydrogen-bond acceptors (Lipinski definition) is 13. The maximum absolute atomic E-state index is 14.8. The molecule has 14 nitrogen and oxygen atoms in total. The molecule has 0 saturated carbocycles. The first kappa shape index (κ1) is 38.9. The van der Waals surface area contributed by atoms with E-state index in [2.05, 4.69) is 5.32 Å². The molecule has 0 spiro atoms. The number of ketones is 1. The quantitative estimate of drug-likeness (QED) is 0.0655. The normalized spacial score (nSPS) is 17.4. The van der Waals surface area contributed by atoms with Gasteiger partial charge in [0.2, 0.25) is 5.78 Å². The van der Waals surface area contributed by atoms with Crippen molar-refractivity contribution in [1.29, 1.82) is 0 Å². The molecule has 4 aromatic carbocycles. The van der Waals surface area contributed by atoms with Gasteiger partial charge in [0, 0.05) is 13.2 Å². The van der Waals surface area contributed by atoms with Crippen molar-refractivity contribution in [2.45, 2.75) is 37.5 Å². The Labute approximate surface area is 318 Å². The zero-order valence-corrected chi connectivity index (χ0v) is 31.4. The van der Waals surface area contributed by atoms with Crippen LogP contribution < -0.4 is 33.7 Å². The molecule has 1 saturated heterocycles. The highest BCUT2D eigenvalue weighted by Crippen LogP contribution is 2.46. The lowest BCUT2D eigenvalue weighted by molar-refractivity contribution is -0.348. The van der Waals surface area contributed by atoms with Gasteiger partial charge >= 0.3 is 5.97 Å². The minimum absolute atomic E-state index is 0.00572. The summed E-state index contributed by atoms with van der Waals surface area (Å²) in [5, 5.41) is 3.03. The van der Waals surface area contributed by atoms with Crippen molar-refractivity contribution in [3.8, 4) is 34.5 Å². The second kappa shape index (κ2) is 17.5. The molecule has 3 unspecified atom stereocenters. The third-order valence-electron chi connectivity index (χ3n) is 9.49. The molecule has 0 radical (unpaired) electrons. The van der Waals surface area contributed by atoms with Gasteiger partial charge in [-0.1, -0.05) is 36.4 Å². The molecular formula is C41H43NO13. The minimum Gasteiger partial charge on any atom is -0.497 e. The van der Waals surface area contributed by atoms with E-state index in [1.807, 2.05) is 24.3 Å². The first-order chi connectivity index (χ1) is 26.8. The molecule has 1 aliphatic heterocycles. The number of amides is 1. The van der Waals surface area contributed by atoms with Gasteiger partial charge in [-0.2, -0.15) is 0 Å². The average molecular weight is 758 g/mol. The summed E-state index contributed by atoms with van der Waals surface area (Å²) >= 11 is 0. The number of carbonyl (C=O) groups excluding carboxylic acids is 3. The summed E-state index contributed by atoms with van der Waals surface area (Å²) in [4.78, 5) is 53.6. The fourth-order valence-corrected chi connectivity index (χ4v) is 6.92. The molecule has 14 heteroatoms. The van der Waals surface area contributed by atoms with Crippen molar-refractivity contribution in [3.05, 3.63) is 106 Å². The Balaban J connectivity index is 1.37. The summed E-state index contributed by atoms with van der Waals surface area (Å²) in [6, 6.07) is 18.2. The molecule has 290 valence electrons. The zero-order chi connectivity index (χ0) is 39.1. The molecule has 2 aliphatic rings. The van der Waals surface area contributed by atoms with Gasteiger partial charge in [-0.05, 0) is 60.2 Å². The van der Waals surface area contributed by atoms with Crippen molar-refractivity contribution < 1.29 is 62.1 Å². The van der Waals surface area contributed by atoms with Gasteiger partial charge in [0.1, 0.15) is 46.3 Å². The lowest BCUT2D eigenvalue weighted by atomic mass is 9.91. The predicted molar refractivity (Wildman–Crippen MR) is 197 cm³/mol. The standard InChI is InChI=1S/C41H43NO13/c1-46-22-52-31-14-9-13-26(30-15-10-18-53-55-30)34(31)36(43)35-33(49-4)21-28(38(50-5)39(35)51-6)41(45)54-37-25-12-8-7-11-23(25)19-29(37)42-40(44)27-17-16-24(47-2)20-32(27)48-3/h7-9,11-14,16-17,20-21,29-30,37H,10,15,18-19,22H2,1-6H3,(H,42,44). The van der Waals surface area contributed by atoms with Crippen LogP contribution in [0.3, 0.4) is 0 Å². The summed E-state index contributed by atoms with van der Waals surface area (Å²) in [5.41, 5.74) is 2.47. The van der Waals surface area contributed by atoms with Crippen molar-refractivity contribution in [2.75, 3.05) is 56.1 Å². The molecule has 1 amide bonds. The van der Waals surface area contributed by atoms with Crippen molar-refractivity contribution in [2.24, 2.45) is 0 Å². The van der Waals surface area contributed by atoms with E-state index in [9.17, 15) is 14.4 Å². The maximum Gasteiger partial charge on any atom is 0.342 e. The minimum atomic E-state index is -0.898. The Morgan fingerprint density at radius 3 is 2.20 bits per heavy atom. The van der Waals surface area contributed by atoms with E-state index in [1.54, 1.807) is 36.4 Å². The van der Waals surface area contributed by atoms with Gasteiger partial charge in [-0.3, -0.25) is 9.59 Å². The highest BCUT2D eigenvalue weighted by molar-refractivity contribution is 6.16. The SMILES string of the molecule is COCOc1cccc(C2CCCOO2)c1C(=O)c1c(OC)cc(C(=O)OC2c3ccccc3CC2NC(=O)c2ccc(OC)cc2OC)c(OC)c1OC. The molecule has 1 aliphatic carbocycles.